The number of piperidine rings is 1. The lowest BCUT2D eigenvalue weighted by Gasteiger charge is -2.22. The van der Waals surface area contributed by atoms with Gasteiger partial charge in [-0.25, -0.2) is 4.79 Å². The highest BCUT2D eigenvalue weighted by atomic mass is 35.5. The quantitative estimate of drug-likeness (QED) is 0.791. The molecule has 6 nitrogen and oxygen atoms in total. The number of benzene rings is 1. The summed E-state index contributed by atoms with van der Waals surface area (Å²) in [6.45, 7) is 1.56. The Kier molecular flexibility index (Phi) is 5.03. The van der Waals surface area contributed by atoms with Crippen molar-refractivity contribution >= 4 is 29.2 Å². The number of carboxylic acids is 1. The fraction of sp³-hybridized carbons (Fsp3) is 0.429. The van der Waals surface area contributed by atoms with Gasteiger partial charge >= 0.3 is 5.97 Å². The van der Waals surface area contributed by atoms with Crippen molar-refractivity contribution in [3.63, 3.8) is 0 Å². The summed E-state index contributed by atoms with van der Waals surface area (Å²) in [5, 5.41) is 15.1. The van der Waals surface area contributed by atoms with Crippen molar-refractivity contribution in [2.75, 3.05) is 25.5 Å². The average Bonchev–Trinajstić information content (AvgIpc) is 2.49. The molecule has 0 radical (unpaired) electrons. The molecule has 0 aromatic heterocycles. The minimum absolute atomic E-state index is 0.0418. The van der Waals surface area contributed by atoms with Crippen molar-refractivity contribution in [1.82, 2.24) is 5.32 Å². The van der Waals surface area contributed by atoms with Gasteiger partial charge in [0.2, 0.25) is 5.91 Å². The topological polar surface area (TPSA) is 87.7 Å². The van der Waals surface area contributed by atoms with Crippen molar-refractivity contribution in [3.8, 4) is 5.75 Å². The van der Waals surface area contributed by atoms with E-state index in [1.165, 1.54) is 19.2 Å². The second-order valence-electron chi connectivity index (χ2n) is 4.87. The van der Waals surface area contributed by atoms with Gasteiger partial charge < -0.3 is 20.5 Å². The number of methoxy groups -OCH3 is 1. The summed E-state index contributed by atoms with van der Waals surface area (Å²) in [5.74, 6) is -1.22. The molecule has 0 aliphatic carbocycles. The van der Waals surface area contributed by atoms with Crippen molar-refractivity contribution < 1.29 is 19.4 Å². The van der Waals surface area contributed by atoms with Crippen LogP contribution in [0, 0.1) is 5.92 Å². The largest absolute Gasteiger partial charge is 0.496 e. The molecule has 1 aliphatic rings. The van der Waals surface area contributed by atoms with Gasteiger partial charge in [0.25, 0.3) is 0 Å². The number of hydrogen-bond acceptors (Lipinski definition) is 4. The maximum Gasteiger partial charge on any atom is 0.339 e. The van der Waals surface area contributed by atoms with Gasteiger partial charge in [0.05, 0.1) is 23.7 Å². The first-order chi connectivity index (χ1) is 10.0. The lowest BCUT2D eigenvalue weighted by molar-refractivity contribution is -0.120. The molecular formula is C14H17ClN2O4. The van der Waals surface area contributed by atoms with Crippen LogP contribution in [0.5, 0.6) is 5.75 Å². The van der Waals surface area contributed by atoms with E-state index in [9.17, 15) is 9.59 Å². The van der Waals surface area contributed by atoms with Gasteiger partial charge in [0, 0.05) is 12.6 Å². The highest BCUT2D eigenvalue weighted by Crippen LogP contribution is 2.31. The number of carboxylic acid groups (broad SMARTS) is 1. The van der Waals surface area contributed by atoms with Crippen LogP contribution in [-0.2, 0) is 4.79 Å². The Morgan fingerprint density at radius 3 is 2.81 bits per heavy atom. The fourth-order valence-corrected chi connectivity index (χ4v) is 2.51. The van der Waals surface area contributed by atoms with Crippen molar-refractivity contribution in [3.05, 3.63) is 22.7 Å². The smallest absolute Gasteiger partial charge is 0.339 e. The third-order valence-corrected chi connectivity index (χ3v) is 3.76. The Morgan fingerprint density at radius 2 is 2.24 bits per heavy atom. The molecule has 21 heavy (non-hydrogen) atoms. The molecule has 1 amide bonds. The van der Waals surface area contributed by atoms with Crippen LogP contribution in [-0.4, -0.2) is 37.2 Å². The molecule has 1 fully saturated rings. The summed E-state index contributed by atoms with van der Waals surface area (Å²) in [6.07, 6.45) is 1.77. The summed E-state index contributed by atoms with van der Waals surface area (Å²) in [6, 6.07) is 2.71. The normalized spacial score (nSPS) is 18.1. The zero-order valence-electron chi connectivity index (χ0n) is 11.6. The number of halogens is 1. The van der Waals surface area contributed by atoms with Crippen molar-refractivity contribution in [1.29, 1.82) is 0 Å². The van der Waals surface area contributed by atoms with E-state index in [4.69, 9.17) is 21.4 Å². The maximum absolute atomic E-state index is 12.2. The summed E-state index contributed by atoms with van der Waals surface area (Å²) in [4.78, 5) is 23.3. The molecule has 1 aliphatic heterocycles. The second-order valence-corrected chi connectivity index (χ2v) is 5.28. The zero-order valence-corrected chi connectivity index (χ0v) is 12.4. The number of amides is 1. The van der Waals surface area contributed by atoms with Crippen LogP contribution in [0.15, 0.2) is 12.1 Å². The second kappa shape index (κ2) is 6.78. The third kappa shape index (κ3) is 3.65. The van der Waals surface area contributed by atoms with Gasteiger partial charge in [-0.2, -0.15) is 0 Å². The molecule has 7 heteroatoms. The Hall–Kier alpha value is -1.79. The molecule has 2 rings (SSSR count). The van der Waals surface area contributed by atoms with Gasteiger partial charge in [-0.15, -0.1) is 0 Å². The Labute approximate surface area is 127 Å². The molecule has 0 unspecified atom stereocenters. The van der Waals surface area contributed by atoms with Gasteiger partial charge in [-0.1, -0.05) is 11.6 Å². The van der Waals surface area contributed by atoms with E-state index in [1.54, 1.807) is 0 Å². The van der Waals surface area contributed by atoms with Crippen molar-refractivity contribution in [2.45, 2.75) is 12.8 Å². The first-order valence-electron chi connectivity index (χ1n) is 6.65. The molecule has 1 saturated heterocycles. The van der Waals surface area contributed by atoms with E-state index in [1.807, 2.05) is 0 Å². The molecule has 1 aromatic rings. The molecule has 1 aromatic carbocycles. The molecule has 1 atom stereocenters. The van der Waals surface area contributed by atoms with Crippen LogP contribution in [0.2, 0.25) is 5.02 Å². The van der Waals surface area contributed by atoms with E-state index >= 15 is 0 Å². The van der Waals surface area contributed by atoms with Crippen LogP contribution < -0.4 is 15.4 Å². The highest BCUT2D eigenvalue weighted by Gasteiger charge is 2.22. The van der Waals surface area contributed by atoms with Gasteiger partial charge in [0.15, 0.2) is 0 Å². The van der Waals surface area contributed by atoms with E-state index in [0.717, 1.165) is 19.4 Å². The highest BCUT2D eigenvalue weighted by molar-refractivity contribution is 6.34. The third-order valence-electron chi connectivity index (χ3n) is 3.45. The summed E-state index contributed by atoms with van der Waals surface area (Å²) in [7, 11) is 1.37. The lowest BCUT2D eigenvalue weighted by atomic mass is 9.98. The molecule has 0 spiro atoms. The van der Waals surface area contributed by atoms with Gasteiger partial charge in [-0.3, -0.25) is 4.79 Å². The zero-order chi connectivity index (χ0) is 15.4. The first kappa shape index (κ1) is 15.6. The van der Waals surface area contributed by atoms with Gasteiger partial charge in [-0.05, 0) is 25.5 Å². The summed E-state index contributed by atoms with van der Waals surface area (Å²) >= 11 is 6.04. The monoisotopic (exact) mass is 312 g/mol. The molecule has 3 N–H and O–H groups in total. The van der Waals surface area contributed by atoms with E-state index in [0.29, 0.717) is 12.2 Å². The molecule has 1 heterocycles. The molecule has 114 valence electrons. The minimum atomic E-state index is -1.14. The van der Waals surface area contributed by atoms with Crippen LogP contribution in [0.4, 0.5) is 5.69 Å². The Morgan fingerprint density at radius 1 is 1.48 bits per heavy atom. The first-order valence-corrected chi connectivity index (χ1v) is 7.03. The minimum Gasteiger partial charge on any atom is -0.496 e. The number of nitrogens with one attached hydrogen (secondary N) is 2. The fourth-order valence-electron chi connectivity index (χ4n) is 2.30. The number of aromatic carboxylic acids is 1. The predicted molar refractivity (Wildman–Crippen MR) is 79.2 cm³/mol. The van der Waals surface area contributed by atoms with E-state index in [-0.39, 0.29) is 28.2 Å². The number of rotatable bonds is 4. The van der Waals surface area contributed by atoms with Crippen LogP contribution in [0.3, 0.4) is 0 Å². The number of carbonyl (C=O) groups is 2. The van der Waals surface area contributed by atoms with Crippen LogP contribution >= 0.6 is 11.6 Å². The molecule has 0 saturated carbocycles. The maximum atomic E-state index is 12.2. The Balaban J connectivity index is 2.19. The van der Waals surface area contributed by atoms with E-state index < -0.39 is 5.97 Å². The number of carbonyl (C=O) groups excluding carboxylic acids is 1. The van der Waals surface area contributed by atoms with Crippen LogP contribution in [0.25, 0.3) is 0 Å². The summed E-state index contributed by atoms with van der Waals surface area (Å²) in [5.41, 5.74) is 0.314. The van der Waals surface area contributed by atoms with Crippen LogP contribution in [0.1, 0.15) is 23.2 Å². The SMILES string of the molecule is COc1cc(NC(=O)[C@H]2CCCNC2)c(Cl)cc1C(=O)O. The number of anilines is 1. The van der Waals surface area contributed by atoms with Gasteiger partial charge in [0.1, 0.15) is 11.3 Å². The average molecular weight is 313 g/mol. The summed E-state index contributed by atoms with van der Waals surface area (Å²) < 4.78 is 5.03. The molecular weight excluding hydrogens is 296 g/mol. The van der Waals surface area contributed by atoms with Crippen molar-refractivity contribution in [2.24, 2.45) is 5.92 Å². The van der Waals surface area contributed by atoms with E-state index in [2.05, 4.69) is 10.6 Å². The number of ether oxygens (including phenoxy) is 1. The molecule has 0 bridgehead atoms. The lowest BCUT2D eigenvalue weighted by Crippen LogP contribution is -2.37. The standard InChI is InChI=1S/C14H17ClN2O4/c1-21-12-6-11(10(15)5-9(12)14(19)20)17-13(18)8-3-2-4-16-7-8/h5-6,8,16H,2-4,7H2,1H3,(H,17,18)(H,19,20)/t8-/m0/s1. The number of hydrogen-bond donors (Lipinski definition) is 3. The predicted octanol–water partition coefficient (Wildman–Crippen LogP) is 1.98. The Bertz CT molecular complexity index is 556.